The lowest BCUT2D eigenvalue weighted by molar-refractivity contribution is 0.0530. The molecule has 1 heterocycles. The van der Waals surface area contributed by atoms with E-state index in [2.05, 4.69) is 4.98 Å². The molecule has 0 N–H and O–H groups in total. The van der Waals surface area contributed by atoms with Gasteiger partial charge in [0.15, 0.2) is 5.16 Å². The summed E-state index contributed by atoms with van der Waals surface area (Å²) >= 11 is 1.43. The first-order valence-corrected chi connectivity index (χ1v) is 9.96. The Labute approximate surface area is 162 Å². The Balaban J connectivity index is 1.74. The van der Waals surface area contributed by atoms with E-state index in [1.165, 1.54) is 11.8 Å². The van der Waals surface area contributed by atoms with Gasteiger partial charge in [0.25, 0.3) is 5.56 Å². The fourth-order valence-corrected chi connectivity index (χ4v) is 3.64. The zero-order valence-corrected chi connectivity index (χ0v) is 16.2. The van der Waals surface area contributed by atoms with Crippen LogP contribution in [0.3, 0.4) is 0 Å². The third-order valence-electron chi connectivity index (χ3n) is 4.36. The monoisotopic (exact) mass is 382 g/mol. The average Bonchev–Trinajstić information content (AvgIpc) is 2.71. The first-order chi connectivity index (χ1) is 13.1. The van der Waals surface area contributed by atoms with Crippen LogP contribution in [0.2, 0.25) is 0 Å². The minimum atomic E-state index is -0.345. The van der Waals surface area contributed by atoms with Gasteiger partial charge >= 0.3 is 5.97 Å². The van der Waals surface area contributed by atoms with Crippen molar-refractivity contribution >= 4 is 28.6 Å². The van der Waals surface area contributed by atoms with Crippen LogP contribution in [0.4, 0.5) is 0 Å². The maximum absolute atomic E-state index is 12.9. The normalized spacial score (nSPS) is 12.1. The summed E-state index contributed by atoms with van der Waals surface area (Å²) in [6.07, 6.45) is 0.830. The lowest BCUT2D eigenvalue weighted by atomic mass is 10.2. The second-order valence-electron chi connectivity index (χ2n) is 6.19. The van der Waals surface area contributed by atoms with Crippen molar-refractivity contribution in [3.8, 4) is 0 Å². The second-order valence-corrected chi connectivity index (χ2v) is 7.26. The Morgan fingerprint density at radius 1 is 1.15 bits per heavy atom. The highest BCUT2D eigenvalue weighted by Gasteiger charge is 2.15. The molecule has 0 aliphatic heterocycles. The Morgan fingerprint density at radius 3 is 2.59 bits per heavy atom. The van der Waals surface area contributed by atoms with Gasteiger partial charge in [-0.2, -0.15) is 0 Å². The smallest absolute Gasteiger partial charge is 0.338 e. The Kier molecular flexibility index (Phi) is 6.29. The maximum atomic E-state index is 12.9. The van der Waals surface area contributed by atoms with Gasteiger partial charge in [0.2, 0.25) is 0 Å². The summed E-state index contributed by atoms with van der Waals surface area (Å²) in [5.41, 5.74) is 1.19. The third-order valence-corrected chi connectivity index (χ3v) is 5.28. The quantitative estimate of drug-likeness (QED) is 0.264. The highest BCUT2D eigenvalue weighted by Crippen LogP contribution is 2.22. The van der Waals surface area contributed by atoms with Gasteiger partial charge in [-0.25, -0.2) is 9.78 Å². The van der Waals surface area contributed by atoms with Gasteiger partial charge in [0, 0.05) is 11.8 Å². The van der Waals surface area contributed by atoms with Crippen molar-refractivity contribution in [3.63, 3.8) is 0 Å². The van der Waals surface area contributed by atoms with Crippen LogP contribution in [0.15, 0.2) is 64.5 Å². The summed E-state index contributed by atoms with van der Waals surface area (Å²) in [7, 11) is 0. The zero-order valence-electron chi connectivity index (χ0n) is 15.4. The molecule has 6 heteroatoms. The number of hydrogen-bond acceptors (Lipinski definition) is 5. The van der Waals surface area contributed by atoms with Crippen LogP contribution >= 0.6 is 11.8 Å². The maximum Gasteiger partial charge on any atom is 0.338 e. The molecule has 5 nitrogen and oxygen atoms in total. The number of fused-ring (bicyclic) bond motifs is 1. The number of para-hydroxylation sites is 1. The number of nitrogens with zero attached hydrogens (tertiary/aromatic N) is 2. The van der Waals surface area contributed by atoms with E-state index < -0.39 is 0 Å². The van der Waals surface area contributed by atoms with Crippen molar-refractivity contribution in [2.45, 2.75) is 31.5 Å². The van der Waals surface area contributed by atoms with Crippen LogP contribution in [0.5, 0.6) is 0 Å². The zero-order chi connectivity index (χ0) is 19.2. The Hall–Kier alpha value is -2.60. The Bertz CT molecular complexity index is 986. The average molecular weight is 382 g/mol. The van der Waals surface area contributed by atoms with Crippen molar-refractivity contribution in [2.75, 3.05) is 12.4 Å². The molecule has 27 heavy (non-hydrogen) atoms. The number of benzene rings is 2. The number of aromatic nitrogens is 2. The molecule has 1 aromatic heterocycles. The van der Waals surface area contributed by atoms with E-state index in [9.17, 15) is 9.59 Å². The molecule has 0 saturated carbocycles. The molecule has 1 atom stereocenters. The fourth-order valence-electron chi connectivity index (χ4n) is 2.72. The largest absolute Gasteiger partial charge is 0.461 e. The van der Waals surface area contributed by atoms with Crippen molar-refractivity contribution in [1.29, 1.82) is 0 Å². The first-order valence-electron chi connectivity index (χ1n) is 8.98. The van der Waals surface area contributed by atoms with Crippen LogP contribution < -0.4 is 5.56 Å². The molecule has 3 aromatic rings. The number of carbonyl (C=O) groups excluding carboxylic acids is 1. The number of rotatable bonds is 7. The van der Waals surface area contributed by atoms with Crippen LogP contribution in [-0.2, 0) is 4.74 Å². The molecular formula is C21H22N2O3S. The van der Waals surface area contributed by atoms with Gasteiger partial charge in [0.1, 0.15) is 6.61 Å². The summed E-state index contributed by atoms with van der Waals surface area (Å²) in [5.74, 6) is 0.182. The molecule has 140 valence electrons. The molecule has 0 aliphatic carbocycles. The number of esters is 1. The van der Waals surface area contributed by atoms with Crippen LogP contribution in [0, 0.1) is 0 Å². The number of thioether (sulfide) groups is 1. The van der Waals surface area contributed by atoms with E-state index >= 15 is 0 Å². The van der Waals surface area contributed by atoms with E-state index in [0.29, 0.717) is 27.4 Å². The van der Waals surface area contributed by atoms with E-state index in [1.54, 1.807) is 34.9 Å². The van der Waals surface area contributed by atoms with Crippen LogP contribution in [0.1, 0.15) is 36.7 Å². The van der Waals surface area contributed by atoms with Gasteiger partial charge in [-0.3, -0.25) is 9.36 Å². The lowest BCUT2D eigenvalue weighted by Crippen LogP contribution is -2.26. The molecule has 0 saturated heterocycles. The molecule has 0 bridgehead atoms. The molecule has 1 unspecified atom stereocenters. The minimum Gasteiger partial charge on any atom is -0.461 e. The number of carbonyl (C=O) groups is 1. The molecule has 0 spiro atoms. The summed E-state index contributed by atoms with van der Waals surface area (Å²) in [4.78, 5) is 29.6. The highest BCUT2D eigenvalue weighted by molar-refractivity contribution is 7.99. The van der Waals surface area contributed by atoms with Gasteiger partial charge in [-0.1, -0.05) is 49.0 Å². The van der Waals surface area contributed by atoms with E-state index in [0.717, 1.165) is 6.42 Å². The van der Waals surface area contributed by atoms with Crippen molar-refractivity contribution in [2.24, 2.45) is 0 Å². The van der Waals surface area contributed by atoms with E-state index in [1.807, 2.05) is 38.1 Å². The van der Waals surface area contributed by atoms with Crippen molar-refractivity contribution < 1.29 is 9.53 Å². The fraction of sp³-hybridized carbons (Fsp3) is 0.286. The predicted octanol–water partition coefficient (Wildman–Crippen LogP) is 4.32. The van der Waals surface area contributed by atoms with Crippen molar-refractivity contribution in [1.82, 2.24) is 9.55 Å². The van der Waals surface area contributed by atoms with Crippen LogP contribution in [-0.4, -0.2) is 27.9 Å². The first kappa shape index (κ1) is 19.2. The third kappa shape index (κ3) is 4.39. The van der Waals surface area contributed by atoms with Crippen molar-refractivity contribution in [3.05, 3.63) is 70.5 Å². The van der Waals surface area contributed by atoms with E-state index in [4.69, 9.17) is 4.74 Å². The summed E-state index contributed by atoms with van der Waals surface area (Å²) in [5, 5.41) is 1.28. The minimum absolute atomic E-state index is 0.0290. The summed E-state index contributed by atoms with van der Waals surface area (Å²) < 4.78 is 7.06. The second kappa shape index (κ2) is 8.86. The molecule has 2 aromatic carbocycles. The topological polar surface area (TPSA) is 61.2 Å². The predicted molar refractivity (Wildman–Crippen MR) is 108 cm³/mol. The van der Waals surface area contributed by atoms with Gasteiger partial charge in [-0.05, 0) is 37.6 Å². The molecule has 0 radical (unpaired) electrons. The summed E-state index contributed by atoms with van der Waals surface area (Å²) in [6.45, 7) is 4.31. The van der Waals surface area contributed by atoms with Crippen LogP contribution in [0.25, 0.3) is 10.9 Å². The number of hydrogen-bond donors (Lipinski definition) is 0. The van der Waals surface area contributed by atoms with Gasteiger partial charge in [-0.15, -0.1) is 0 Å². The standard InChI is InChI=1S/C21H22N2O3S/c1-3-15(2)23-19(24)17-11-7-8-12-18(17)22-21(23)27-14-13-26-20(25)16-9-5-4-6-10-16/h4-12,15H,3,13-14H2,1-2H3. The summed E-state index contributed by atoms with van der Waals surface area (Å²) in [6, 6.07) is 16.3. The molecule has 0 fully saturated rings. The van der Waals surface area contributed by atoms with Gasteiger partial charge < -0.3 is 4.74 Å². The molecule has 3 rings (SSSR count). The van der Waals surface area contributed by atoms with Gasteiger partial charge in [0.05, 0.1) is 16.5 Å². The SMILES string of the molecule is CCC(C)n1c(SCCOC(=O)c2ccccc2)nc2ccccc2c1=O. The Morgan fingerprint density at radius 2 is 1.85 bits per heavy atom. The van der Waals surface area contributed by atoms with E-state index in [-0.39, 0.29) is 24.2 Å². The molecular weight excluding hydrogens is 360 g/mol. The highest BCUT2D eigenvalue weighted by atomic mass is 32.2. The number of ether oxygens (including phenoxy) is 1. The molecule has 0 amide bonds. The molecule has 0 aliphatic rings. The lowest BCUT2D eigenvalue weighted by Gasteiger charge is -2.18.